The van der Waals surface area contributed by atoms with E-state index in [1.54, 1.807) is 28.1 Å². The molecule has 0 saturated carbocycles. The highest BCUT2D eigenvalue weighted by atomic mass is 16.8. The first-order valence-corrected chi connectivity index (χ1v) is 11.8. The Morgan fingerprint density at radius 2 is 1.53 bits per heavy atom. The van der Waals surface area contributed by atoms with Crippen molar-refractivity contribution in [3.05, 3.63) is 35.9 Å². The van der Waals surface area contributed by atoms with Gasteiger partial charge in [-0.25, -0.2) is 0 Å². The van der Waals surface area contributed by atoms with E-state index >= 15 is 0 Å². The van der Waals surface area contributed by atoms with Gasteiger partial charge in [-0.1, -0.05) is 30.3 Å². The van der Waals surface area contributed by atoms with Crippen LogP contribution in [-0.2, 0) is 49.2 Å². The van der Waals surface area contributed by atoms with Crippen LogP contribution in [0.15, 0.2) is 30.3 Å². The van der Waals surface area contributed by atoms with Gasteiger partial charge in [0.2, 0.25) is 11.6 Å². The summed E-state index contributed by atoms with van der Waals surface area (Å²) < 4.78 is 54.7. The number of hydrogen-bond donors (Lipinski definition) is 0. The molecule has 3 fully saturated rings. The Balaban J connectivity index is 1.53. The summed E-state index contributed by atoms with van der Waals surface area (Å²) in [5.74, 6) is -3.01. The van der Waals surface area contributed by atoms with Crippen molar-refractivity contribution in [2.45, 2.75) is 95.4 Å². The van der Waals surface area contributed by atoms with Gasteiger partial charge in [0, 0.05) is 14.2 Å². The van der Waals surface area contributed by atoms with Crippen molar-refractivity contribution in [3.63, 3.8) is 0 Å². The minimum absolute atomic E-state index is 0.207. The molecular weight excluding hydrogens is 444 g/mol. The molecule has 0 aliphatic carbocycles. The molecule has 3 aliphatic heterocycles. The molecular formula is C25H38O9. The quantitative estimate of drug-likeness (QED) is 0.555. The van der Waals surface area contributed by atoms with Gasteiger partial charge in [0.15, 0.2) is 12.1 Å². The van der Waals surface area contributed by atoms with Crippen LogP contribution < -0.4 is 0 Å². The third-order valence-electron chi connectivity index (χ3n) is 6.85. The first kappa shape index (κ1) is 25.9. The lowest BCUT2D eigenvalue weighted by molar-refractivity contribution is -0.485. The minimum atomic E-state index is -1.20. The first-order valence-electron chi connectivity index (χ1n) is 11.8. The van der Waals surface area contributed by atoms with Crippen molar-refractivity contribution in [1.82, 2.24) is 0 Å². The molecule has 0 spiro atoms. The third kappa shape index (κ3) is 5.18. The SMILES string of the molecule is COC1(C)O[C@H]2[C@H](OC1(C)OC)[C@H](OC[C@@H]1COC(C)(C)O1)O[C@@H](C)[C@H]2OCc1ccccc1. The van der Waals surface area contributed by atoms with Crippen molar-refractivity contribution in [1.29, 1.82) is 0 Å². The zero-order valence-corrected chi connectivity index (χ0v) is 21.1. The molecule has 0 N–H and O–H groups in total. The maximum Gasteiger partial charge on any atom is 0.220 e. The van der Waals surface area contributed by atoms with E-state index in [9.17, 15) is 0 Å². The van der Waals surface area contributed by atoms with Crippen LogP contribution in [0.4, 0.5) is 0 Å². The number of rotatable bonds is 8. The average Bonchev–Trinajstić information content (AvgIpc) is 3.17. The monoisotopic (exact) mass is 482 g/mol. The van der Waals surface area contributed by atoms with Gasteiger partial charge in [0.05, 0.1) is 25.9 Å². The normalized spacial score (nSPS) is 41.9. The second-order valence-corrected chi connectivity index (χ2v) is 9.72. The van der Waals surface area contributed by atoms with Crippen molar-refractivity contribution in [3.8, 4) is 0 Å². The third-order valence-corrected chi connectivity index (χ3v) is 6.85. The van der Waals surface area contributed by atoms with E-state index in [1.165, 1.54) is 0 Å². The van der Waals surface area contributed by atoms with Crippen LogP contribution >= 0.6 is 0 Å². The summed E-state index contributed by atoms with van der Waals surface area (Å²) >= 11 is 0. The maximum atomic E-state index is 6.53. The van der Waals surface area contributed by atoms with Gasteiger partial charge in [-0.05, 0) is 40.2 Å². The molecule has 1 aromatic rings. The number of ether oxygens (including phenoxy) is 9. The molecule has 8 atom stereocenters. The van der Waals surface area contributed by atoms with Crippen LogP contribution in [-0.4, -0.2) is 81.6 Å². The van der Waals surface area contributed by atoms with E-state index in [1.807, 2.05) is 51.1 Å². The Bertz CT molecular complexity index is 805. The molecule has 3 aliphatic rings. The van der Waals surface area contributed by atoms with Crippen molar-refractivity contribution >= 4 is 0 Å². The van der Waals surface area contributed by atoms with E-state index < -0.39 is 42.0 Å². The molecule has 2 unspecified atom stereocenters. The summed E-state index contributed by atoms with van der Waals surface area (Å²) in [5.41, 5.74) is 1.05. The Kier molecular flexibility index (Phi) is 7.69. The van der Waals surface area contributed by atoms with Crippen LogP contribution in [0.2, 0.25) is 0 Å². The maximum absolute atomic E-state index is 6.53. The van der Waals surface area contributed by atoms with Crippen LogP contribution in [0.25, 0.3) is 0 Å². The number of methoxy groups -OCH3 is 2. The summed E-state index contributed by atoms with van der Waals surface area (Å²) in [7, 11) is 3.12. The summed E-state index contributed by atoms with van der Waals surface area (Å²) in [6, 6.07) is 9.97. The predicted molar refractivity (Wildman–Crippen MR) is 121 cm³/mol. The molecule has 0 bridgehead atoms. The predicted octanol–water partition coefficient (Wildman–Crippen LogP) is 2.99. The summed E-state index contributed by atoms with van der Waals surface area (Å²) in [6.07, 6.45) is -2.83. The minimum Gasteiger partial charge on any atom is -0.368 e. The molecule has 0 radical (unpaired) electrons. The van der Waals surface area contributed by atoms with Crippen LogP contribution in [0.5, 0.6) is 0 Å². The molecule has 9 heteroatoms. The van der Waals surface area contributed by atoms with Crippen molar-refractivity contribution in [2.75, 3.05) is 27.4 Å². The summed E-state index contributed by atoms with van der Waals surface area (Å²) in [6.45, 7) is 10.4. The Morgan fingerprint density at radius 1 is 0.882 bits per heavy atom. The molecule has 192 valence electrons. The zero-order chi connectivity index (χ0) is 24.6. The van der Waals surface area contributed by atoms with Gasteiger partial charge in [-0.15, -0.1) is 0 Å². The summed E-state index contributed by atoms with van der Waals surface area (Å²) in [5, 5.41) is 0. The van der Waals surface area contributed by atoms with E-state index in [4.69, 9.17) is 42.6 Å². The highest BCUT2D eigenvalue weighted by molar-refractivity contribution is 5.13. The van der Waals surface area contributed by atoms with Gasteiger partial charge in [-0.3, -0.25) is 0 Å². The van der Waals surface area contributed by atoms with Gasteiger partial charge in [0.1, 0.15) is 24.4 Å². The number of fused-ring (bicyclic) bond motifs is 1. The molecule has 0 aromatic heterocycles. The van der Waals surface area contributed by atoms with Gasteiger partial charge >= 0.3 is 0 Å². The van der Waals surface area contributed by atoms with Crippen molar-refractivity contribution in [2.24, 2.45) is 0 Å². The largest absolute Gasteiger partial charge is 0.368 e. The van der Waals surface area contributed by atoms with Gasteiger partial charge in [-0.2, -0.15) is 0 Å². The van der Waals surface area contributed by atoms with Crippen LogP contribution in [0, 0.1) is 0 Å². The number of hydrogen-bond acceptors (Lipinski definition) is 9. The van der Waals surface area contributed by atoms with E-state index in [-0.39, 0.29) is 18.8 Å². The van der Waals surface area contributed by atoms with Crippen LogP contribution in [0.1, 0.15) is 40.2 Å². The fourth-order valence-electron chi connectivity index (χ4n) is 4.61. The topological polar surface area (TPSA) is 83.1 Å². The average molecular weight is 483 g/mol. The lowest BCUT2D eigenvalue weighted by Gasteiger charge is -2.57. The smallest absolute Gasteiger partial charge is 0.220 e. The highest BCUT2D eigenvalue weighted by Crippen LogP contribution is 2.44. The van der Waals surface area contributed by atoms with Crippen molar-refractivity contribution < 1.29 is 42.6 Å². The fourth-order valence-corrected chi connectivity index (χ4v) is 4.61. The zero-order valence-electron chi connectivity index (χ0n) is 21.1. The van der Waals surface area contributed by atoms with E-state index in [0.29, 0.717) is 13.2 Å². The first-order chi connectivity index (χ1) is 16.1. The molecule has 0 amide bonds. The Labute approximate surface area is 201 Å². The Morgan fingerprint density at radius 3 is 2.12 bits per heavy atom. The van der Waals surface area contributed by atoms with Gasteiger partial charge < -0.3 is 42.6 Å². The Hall–Kier alpha value is -1.14. The lowest BCUT2D eigenvalue weighted by Crippen LogP contribution is -2.72. The summed E-state index contributed by atoms with van der Waals surface area (Å²) in [4.78, 5) is 0. The molecule has 3 heterocycles. The molecule has 9 nitrogen and oxygen atoms in total. The second-order valence-electron chi connectivity index (χ2n) is 9.72. The molecule has 3 saturated heterocycles. The van der Waals surface area contributed by atoms with E-state index in [2.05, 4.69) is 0 Å². The fraction of sp³-hybridized carbons (Fsp3) is 0.760. The van der Waals surface area contributed by atoms with Gasteiger partial charge in [0.25, 0.3) is 0 Å². The molecule has 4 rings (SSSR count). The standard InChI is InChI=1S/C25H38O9/c1-16-19(28-13-17-11-9-8-10-12-17)20-21(34-25(5,27-7)24(4,26-6)33-20)22(31-16)29-14-18-15-30-23(2,3)32-18/h8-12,16,18-22H,13-15H2,1-7H3/t16-,18+,19+,20+,21-,22+,24?,25?/m0/s1. The van der Waals surface area contributed by atoms with E-state index in [0.717, 1.165) is 5.56 Å². The molecule has 1 aromatic carbocycles. The molecule has 34 heavy (non-hydrogen) atoms. The number of benzene rings is 1. The van der Waals surface area contributed by atoms with Crippen LogP contribution in [0.3, 0.4) is 0 Å². The lowest BCUT2D eigenvalue weighted by atomic mass is 9.94. The second kappa shape index (κ2) is 10.1. The highest BCUT2D eigenvalue weighted by Gasteiger charge is 2.62.